The topological polar surface area (TPSA) is 37.8 Å². The van der Waals surface area contributed by atoms with Gasteiger partial charge in [-0.15, -0.1) is 11.3 Å². The van der Waals surface area contributed by atoms with Gasteiger partial charge in [-0.1, -0.05) is 13.3 Å². The molecular weight excluding hydrogens is 310 g/mol. The number of nitrogens with one attached hydrogen (secondary N) is 1. The molecule has 3 nitrogen and oxygen atoms in total. The summed E-state index contributed by atoms with van der Waals surface area (Å²) < 4.78 is 0. The average molecular weight is 328 g/mol. The molecule has 0 bridgehead atoms. The zero-order chi connectivity index (χ0) is 14.1. The molecule has 0 aliphatic heterocycles. The van der Waals surface area contributed by atoms with Crippen molar-refractivity contribution in [3.05, 3.63) is 16.2 Å². The molecule has 1 aliphatic carbocycles. The van der Waals surface area contributed by atoms with E-state index in [9.17, 15) is 0 Å². The molecule has 0 spiro atoms. The number of thioether (sulfide) groups is 1. The molecule has 0 amide bonds. The molecule has 0 saturated heterocycles. The van der Waals surface area contributed by atoms with Crippen LogP contribution in [0.2, 0.25) is 5.28 Å². The Balaban J connectivity index is 1.95. The van der Waals surface area contributed by atoms with Gasteiger partial charge in [0, 0.05) is 16.2 Å². The van der Waals surface area contributed by atoms with Crippen LogP contribution in [0.1, 0.15) is 31.1 Å². The average Bonchev–Trinajstić information content (AvgIpc) is 3.04. The Hall–Kier alpha value is -0.520. The van der Waals surface area contributed by atoms with E-state index in [4.69, 9.17) is 11.6 Å². The molecule has 2 aromatic heterocycles. The third-order valence-electron chi connectivity index (χ3n) is 3.84. The van der Waals surface area contributed by atoms with Crippen molar-refractivity contribution in [2.24, 2.45) is 0 Å². The summed E-state index contributed by atoms with van der Waals surface area (Å²) in [5, 5.41) is 5.73. The van der Waals surface area contributed by atoms with Gasteiger partial charge >= 0.3 is 0 Å². The van der Waals surface area contributed by atoms with Crippen molar-refractivity contribution in [1.29, 1.82) is 0 Å². The van der Waals surface area contributed by atoms with E-state index in [2.05, 4.69) is 34.5 Å². The summed E-state index contributed by atoms with van der Waals surface area (Å²) in [5.74, 6) is 0.905. The number of hydrogen-bond donors (Lipinski definition) is 1. The second-order valence-electron chi connectivity index (χ2n) is 5.08. The van der Waals surface area contributed by atoms with Crippen LogP contribution >= 0.6 is 34.7 Å². The quantitative estimate of drug-likeness (QED) is 0.833. The predicted octanol–water partition coefficient (Wildman–Crippen LogP) is 4.60. The summed E-state index contributed by atoms with van der Waals surface area (Å²) in [6.45, 7) is 2.16. The van der Waals surface area contributed by atoms with E-state index in [0.717, 1.165) is 22.5 Å². The fourth-order valence-corrected chi connectivity index (χ4v) is 4.90. The minimum atomic E-state index is 0.336. The standard InChI is InChI=1S/C14H18ClN3S2/c1-3-8-7-9-12(17-14(15)18-13(9)20-8)16-10-5-4-6-11(10)19-2/h7,10-11H,3-6H2,1-2H3,(H,16,17,18). The van der Waals surface area contributed by atoms with Crippen LogP contribution in [-0.4, -0.2) is 27.5 Å². The Morgan fingerprint density at radius 2 is 2.30 bits per heavy atom. The zero-order valence-corrected chi connectivity index (χ0v) is 14.0. The molecule has 108 valence electrons. The fraction of sp³-hybridized carbons (Fsp3) is 0.571. The van der Waals surface area contributed by atoms with Gasteiger partial charge in [0.1, 0.15) is 10.6 Å². The Labute approximate surface area is 132 Å². The smallest absolute Gasteiger partial charge is 0.225 e. The summed E-state index contributed by atoms with van der Waals surface area (Å²) in [6, 6.07) is 2.69. The van der Waals surface area contributed by atoms with E-state index < -0.39 is 0 Å². The van der Waals surface area contributed by atoms with E-state index in [1.165, 1.54) is 24.1 Å². The number of thiophene rings is 1. The Bertz CT molecular complexity index is 614. The first-order valence-electron chi connectivity index (χ1n) is 6.96. The summed E-state index contributed by atoms with van der Waals surface area (Å²) in [4.78, 5) is 11.1. The maximum Gasteiger partial charge on any atom is 0.225 e. The number of halogens is 1. The van der Waals surface area contributed by atoms with Gasteiger partial charge in [-0.25, -0.2) is 9.97 Å². The van der Waals surface area contributed by atoms with E-state index in [0.29, 0.717) is 16.6 Å². The van der Waals surface area contributed by atoms with E-state index >= 15 is 0 Å². The fourth-order valence-electron chi connectivity index (χ4n) is 2.78. The number of rotatable bonds is 4. The number of nitrogens with zero attached hydrogens (tertiary/aromatic N) is 2. The van der Waals surface area contributed by atoms with Crippen molar-refractivity contribution in [2.75, 3.05) is 11.6 Å². The lowest BCUT2D eigenvalue weighted by atomic mass is 10.2. The third kappa shape index (κ3) is 2.76. The lowest BCUT2D eigenvalue weighted by Crippen LogP contribution is -2.26. The zero-order valence-electron chi connectivity index (χ0n) is 11.6. The van der Waals surface area contributed by atoms with E-state index in [1.54, 1.807) is 11.3 Å². The minimum Gasteiger partial charge on any atom is -0.366 e. The van der Waals surface area contributed by atoms with Gasteiger partial charge in [0.2, 0.25) is 5.28 Å². The monoisotopic (exact) mass is 327 g/mol. The Morgan fingerprint density at radius 1 is 1.45 bits per heavy atom. The molecule has 2 heterocycles. The Kier molecular flexibility index (Phi) is 4.38. The molecule has 2 atom stereocenters. The largest absolute Gasteiger partial charge is 0.366 e. The first-order valence-corrected chi connectivity index (χ1v) is 9.44. The van der Waals surface area contributed by atoms with Gasteiger partial charge in [0.25, 0.3) is 0 Å². The van der Waals surface area contributed by atoms with E-state index in [-0.39, 0.29) is 0 Å². The van der Waals surface area contributed by atoms with Crippen molar-refractivity contribution in [3.8, 4) is 0 Å². The molecular formula is C14H18ClN3S2. The van der Waals surface area contributed by atoms with Crippen LogP contribution in [0.5, 0.6) is 0 Å². The van der Waals surface area contributed by atoms with Crippen LogP contribution in [0.3, 0.4) is 0 Å². The molecule has 1 aliphatic rings. The summed E-state index contributed by atoms with van der Waals surface area (Å²) in [5.41, 5.74) is 0. The highest BCUT2D eigenvalue weighted by Crippen LogP contribution is 2.34. The molecule has 6 heteroatoms. The second kappa shape index (κ2) is 6.08. The lowest BCUT2D eigenvalue weighted by molar-refractivity contribution is 0.764. The first kappa shape index (κ1) is 14.4. The van der Waals surface area contributed by atoms with Crippen molar-refractivity contribution >= 4 is 50.7 Å². The maximum absolute atomic E-state index is 6.07. The SMILES string of the molecule is CCc1cc2c(NC3CCCC3SC)nc(Cl)nc2s1. The van der Waals surface area contributed by atoms with Crippen molar-refractivity contribution in [3.63, 3.8) is 0 Å². The molecule has 1 N–H and O–H groups in total. The molecule has 20 heavy (non-hydrogen) atoms. The van der Waals surface area contributed by atoms with Crippen LogP contribution in [0.4, 0.5) is 5.82 Å². The predicted molar refractivity (Wildman–Crippen MR) is 90.4 cm³/mol. The Morgan fingerprint density at radius 3 is 3.05 bits per heavy atom. The van der Waals surface area contributed by atoms with Crippen molar-refractivity contribution < 1.29 is 0 Å². The van der Waals surface area contributed by atoms with Gasteiger partial charge in [-0.05, 0) is 43.2 Å². The van der Waals surface area contributed by atoms with Gasteiger partial charge in [0.05, 0.1) is 5.39 Å². The van der Waals surface area contributed by atoms with Gasteiger partial charge < -0.3 is 5.32 Å². The van der Waals surface area contributed by atoms with Crippen LogP contribution in [0.15, 0.2) is 6.07 Å². The minimum absolute atomic E-state index is 0.336. The number of aryl methyl sites for hydroxylation is 1. The van der Waals surface area contributed by atoms with Crippen molar-refractivity contribution in [2.45, 2.75) is 43.9 Å². The second-order valence-corrected chi connectivity index (χ2v) is 7.61. The third-order valence-corrected chi connectivity index (χ3v) is 6.35. The molecule has 3 rings (SSSR count). The molecule has 0 radical (unpaired) electrons. The number of hydrogen-bond acceptors (Lipinski definition) is 5. The first-order chi connectivity index (χ1) is 9.71. The molecule has 2 aromatic rings. The highest BCUT2D eigenvalue weighted by Gasteiger charge is 2.27. The normalized spacial score (nSPS) is 22.6. The molecule has 0 aromatic carbocycles. The van der Waals surface area contributed by atoms with Gasteiger partial charge in [0.15, 0.2) is 0 Å². The number of fused-ring (bicyclic) bond motifs is 1. The van der Waals surface area contributed by atoms with Crippen LogP contribution in [0, 0.1) is 0 Å². The van der Waals surface area contributed by atoms with E-state index in [1.807, 2.05) is 11.8 Å². The summed E-state index contributed by atoms with van der Waals surface area (Å²) >= 11 is 9.72. The van der Waals surface area contributed by atoms with Crippen LogP contribution in [-0.2, 0) is 6.42 Å². The summed E-state index contributed by atoms with van der Waals surface area (Å²) in [6.07, 6.45) is 6.99. The summed E-state index contributed by atoms with van der Waals surface area (Å²) in [7, 11) is 0. The van der Waals surface area contributed by atoms with Crippen LogP contribution in [0.25, 0.3) is 10.2 Å². The molecule has 2 unspecified atom stereocenters. The van der Waals surface area contributed by atoms with Gasteiger partial charge in [-0.2, -0.15) is 11.8 Å². The maximum atomic E-state index is 6.07. The highest BCUT2D eigenvalue weighted by molar-refractivity contribution is 7.99. The highest BCUT2D eigenvalue weighted by atomic mass is 35.5. The van der Waals surface area contributed by atoms with Crippen LogP contribution < -0.4 is 5.32 Å². The molecule has 1 fully saturated rings. The number of aromatic nitrogens is 2. The number of anilines is 1. The van der Waals surface area contributed by atoms with Crippen molar-refractivity contribution in [1.82, 2.24) is 9.97 Å². The lowest BCUT2D eigenvalue weighted by Gasteiger charge is -2.20. The molecule has 1 saturated carbocycles. The van der Waals surface area contributed by atoms with Gasteiger partial charge in [-0.3, -0.25) is 0 Å².